The Balaban J connectivity index is 1.29. The lowest BCUT2D eigenvalue weighted by molar-refractivity contribution is 0.0691. The molecule has 0 aliphatic carbocycles. The Morgan fingerprint density at radius 1 is 1.00 bits per heavy atom. The fraction of sp³-hybridized carbons (Fsp3) is 0.333. The summed E-state index contributed by atoms with van der Waals surface area (Å²) in [6.45, 7) is 3.78. The van der Waals surface area contributed by atoms with Crippen LogP contribution in [0.2, 0.25) is 0 Å². The maximum atomic E-state index is 13.1. The summed E-state index contributed by atoms with van der Waals surface area (Å²) in [5.41, 5.74) is 3.14. The molecule has 12 heteroatoms. The van der Waals surface area contributed by atoms with Crippen molar-refractivity contribution >= 4 is 34.5 Å². The summed E-state index contributed by atoms with van der Waals surface area (Å²) in [7, 11) is 1.50. The van der Waals surface area contributed by atoms with Crippen LogP contribution in [0.15, 0.2) is 54.7 Å². The highest BCUT2D eigenvalue weighted by Gasteiger charge is 2.28. The number of morpholine rings is 1. The maximum Gasteiger partial charge on any atom is 0.411 e. The topological polar surface area (TPSA) is 141 Å². The largest absolute Gasteiger partial charge is 0.465 e. The minimum atomic E-state index is -1.04. The first-order valence-electron chi connectivity index (χ1n) is 13.9. The van der Waals surface area contributed by atoms with Crippen LogP contribution < -0.4 is 9.80 Å². The Kier molecular flexibility index (Phi) is 7.41. The van der Waals surface area contributed by atoms with Gasteiger partial charge in [0.05, 0.1) is 42.5 Å². The van der Waals surface area contributed by atoms with E-state index in [9.17, 15) is 14.7 Å². The normalized spacial score (nSPS) is 15.9. The van der Waals surface area contributed by atoms with Gasteiger partial charge in [-0.2, -0.15) is 10.4 Å². The Bertz CT molecular complexity index is 1650. The summed E-state index contributed by atoms with van der Waals surface area (Å²) in [5.74, 6) is 1.29. The molecule has 0 spiro atoms. The number of anilines is 2. The van der Waals surface area contributed by atoms with E-state index >= 15 is 0 Å². The van der Waals surface area contributed by atoms with E-state index < -0.39 is 6.09 Å². The number of piperidine rings is 1. The van der Waals surface area contributed by atoms with Gasteiger partial charge in [-0.25, -0.2) is 19.4 Å². The minimum absolute atomic E-state index is 0.0422. The minimum Gasteiger partial charge on any atom is -0.465 e. The van der Waals surface area contributed by atoms with Gasteiger partial charge < -0.3 is 19.6 Å². The molecule has 0 saturated carbocycles. The van der Waals surface area contributed by atoms with Crippen LogP contribution in [0, 0.1) is 11.3 Å². The average molecular weight is 567 g/mol. The highest BCUT2D eigenvalue weighted by atomic mass is 16.5. The van der Waals surface area contributed by atoms with Gasteiger partial charge in [-0.05, 0) is 61.4 Å². The van der Waals surface area contributed by atoms with Crippen molar-refractivity contribution in [1.82, 2.24) is 24.6 Å². The highest BCUT2D eigenvalue weighted by Crippen LogP contribution is 2.33. The van der Waals surface area contributed by atoms with Gasteiger partial charge in [0, 0.05) is 50.0 Å². The fourth-order valence-electron chi connectivity index (χ4n) is 5.45. The Labute approximate surface area is 242 Å². The van der Waals surface area contributed by atoms with Gasteiger partial charge in [-0.3, -0.25) is 9.69 Å². The molecule has 2 saturated heterocycles. The van der Waals surface area contributed by atoms with Crippen molar-refractivity contribution in [2.45, 2.75) is 18.9 Å². The van der Waals surface area contributed by atoms with E-state index in [1.807, 2.05) is 27.9 Å². The quantitative estimate of drug-likeness (QED) is 0.382. The van der Waals surface area contributed by atoms with E-state index in [1.54, 1.807) is 36.4 Å². The number of carboxylic acid groups (broad SMARTS) is 1. The Morgan fingerprint density at radius 3 is 2.33 bits per heavy atom. The van der Waals surface area contributed by atoms with E-state index in [4.69, 9.17) is 25.1 Å². The molecule has 0 unspecified atom stereocenters. The van der Waals surface area contributed by atoms with Crippen LogP contribution in [-0.2, 0) is 4.74 Å². The molecule has 2 aliphatic rings. The molecule has 0 radical (unpaired) electrons. The average Bonchev–Trinajstić information content (AvgIpc) is 3.48. The summed E-state index contributed by atoms with van der Waals surface area (Å²) in [5, 5.41) is 24.0. The third-order valence-electron chi connectivity index (χ3n) is 7.90. The number of nitrogens with zero attached hydrogens (tertiary/aromatic N) is 8. The molecule has 0 atom stereocenters. The summed E-state index contributed by atoms with van der Waals surface area (Å²) in [4.78, 5) is 39.5. The van der Waals surface area contributed by atoms with E-state index in [-0.39, 0.29) is 11.9 Å². The third kappa shape index (κ3) is 5.22. The monoisotopic (exact) mass is 566 g/mol. The van der Waals surface area contributed by atoms with Gasteiger partial charge in [0.2, 0.25) is 0 Å². The van der Waals surface area contributed by atoms with Crippen molar-refractivity contribution in [1.29, 1.82) is 5.26 Å². The fourth-order valence-corrected chi connectivity index (χ4v) is 5.45. The molecule has 2 aliphatic heterocycles. The molecule has 4 aromatic rings. The second-order valence-corrected chi connectivity index (χ2v) is 10.4. The number of benzene rings is 2. The van der Waals surface area contributed by atoms with Crippen LogP contribution in [0.5, 0.6) is 0 Å². The van der Waals surface area contributed by atoms with Crippen LogP contribution in [0.25, 0.3) is 22.4 Å². The van der Waals surface area contributed by atoms with Crippen molar-refractivity contribution in [2.24, 2.45) is 0 Å². The van der Waals surface area contributed by atoms with Gasteiger partial charge in [0.25, 0.3) is 5.91 Å². The van der Waals surface area contributed by atoms with Crippen LogP contribution in [0.3, 0.4) is 0 Å². The lowest BCUT2D eigenvalue weighted by Gasteiger charge is -2.32. The summed E-state index contributed by atoms with van der Waals surface area (Å²) < 4.78 is 7.53. The molecule has 6 rings (SSSR count). The second-order valence-electron chi connectivity index (χ2n) is 10.4. The molecule has 2 aromatic carbocycles. The van der Waals surface area contributed by atoms with Crippen molar-refractivity contribution < 1.29 is 19.4 Å². The number of likely N-dealkylation sites (tertiary alicyclic amines) is 1. The van der Waals surface area contributed by atoms with Crippen LogP contribution >= 0.6 is 0 Å². The number of nitriles is 1. The van der Waals surface area contributed by atoms with Crippen molar-refractivity contribution in [2.75, 3.05) is 56.2 Å². The zero-order valence-corrected chi connectivity index (χ0v) is 23.2. The first kappa shape index (κ1) is 27.2. The van der Waals surface area contributed by atoms with E-state index in [1.165, 1.54) is 7.05 Å². The second kappa shape index (κ2) is 11.5. The number of amides is 2. The molecule has 42 heavy (non-hydrogen) atoms. The first-order chi connectivity index (χ1) is 20.4. The van der Waals surface area contributed by atoms with Gasteiger partial charge in [-0.15, -0.1) is 0 Å². The molecule has 2 aromatic heterocycles. The standard InChI is InChI=1S/C30H30N8O4/c1-35(30(40)41)23-8-6-21(7-9-23)26-33-27(36-14-16-42-17-15-36)25-19-32-38(28(25)34-26)24-10-12-37(13-11-24)29(39)22-4-2-20(18-31)3-5-22/h2-9,19,24H,10-17H2,1H3,(H,40,41). The van der Waals surface area contributed by atoms with Gasteiger partial charge in [0.15, 0.2) is 11.5 Å². The number of hydrogen-bond donors (Lipinski definition) is 1. The number of carbonyl (C=O) groups is 2. The lowest BCUT2D eigenvalue weighted by atomic mass is 10.0. The van der Waals surface area contributed by atoms with Gasteiger partial charge in [0.1, 0.15) is 5.82 Å². The van der Waals surface area contributed by atoms with Crippen LogP contribution in [-0.4, -0.2) is 88.2 Å². The molecule has 2 fully saturated rings. The Hall–Kier alpha value is -5.02. The molecule has 214 valence electrons. The predicted molar refractivity (Wildman–Crippen MR) is 156 cm³/mol. The number of carbonyl (C=O) groups excluding carboxylic acids is 1. The molecular weight excluding hydrogens is 536 g/mol. The zero-order chi connectivity index (χ0) is 29.2. The van der Waals surface area contributed by atoms with Gasteiger partial charge >= 0.3 is 6.09 Å². The molecule has 2 amide bonds. The summed E-state index contributed by atoms with van der Waals surface area (Å²) in [6.07, 6.45) is 2.23. The Morgan fingerprint density at radius 2 is 1.69 bits per heavy atom. The van der Waals surface area contributed by atoms with Crippen LogP contribution in [0.1, 0.15) is 34.8 Å². The molecule has 0 bridgehead atoms. The molecule has 4 heterocycles. The predicted octanol–water partition coefficient (Wildman–Crippen LogP) is 3.79. The number of ether oxygens (including phenoxy) is 1. The molecule has 12 nitrogen and oxygen atoms in total. The van der Waals surface area contributed by atoms with Crippen molar-refractivity contribution in [3.8, 4) is 17.5 Å². The maximum absolute atomic E-state index is 13.1. The van der Waals surface area contributed by atoms with Gasteiger partial charge in [-0.1, -0.05) is 0 Å². The highest BCUT2D eigenvalue weighted by molar-refractivity contribution is 5.94. The summed E-state index contributed by atoms with van der Waals surface area (Å²) >= 11 is 0. The van der Waals surface area contributed by atoms with Crippen molar-refractivity contribution in [3.63, 3.8) is 0 Å². The smallest absolute Gasteiger partial charge is 0.411 e. The van der Waals surface area contributed by atoms with E-state index in [2.05, 4.69) is 11.0 Å². The SMILES string of the molecule is CN(C(=O)O)c1ccc(-c2nc(N3CCOCC3)c3cnn(C4CCN(C(=O)c5ccc(C#N)cc5)CC4)c3n2)cc1. The number of fused-ring (bicyclic) bond motifs is 1. The van der Waals surface area contributed by atoms with E-state index in [0.29, 0.717) is 62.0 Å². The van der Waals surface area contributed by atoms with Crippen molar-refractivity contribution in [3.05, 3.63) is 65.9 Å². The van der Waals surface area contributed by atoms with Crippen LogP contribution in [0.4, 0.5) is 16.3 Å². The lowest BCUT2D eigenvalue weighted by Crippen LogP contribution is -2.39. The number of aromatic nitrogens is 4. The number of rotatable bonds is 5. The third-order valence-corrected chi connectivity index (χ3v) is 7.90. The molecule has 1 N–H and O–H groups in total. The first-order valence-corrected chi connectivity index (χ1v) is 13.9. The zero-order valence-electron chi connectivity index (χ0n) is 23.2. The van der Waals surface area contributed by atoms with E-state index in [0.717, 1.165) is 40.2 Å². The molecular formula is C30H30N8O4. The number of hydrogen-bond acceptors (Lipinski definition) is 8. The summed E-state index contributed by atoms with van der Waals surface area (Å²) in [6, 6.07) is 16.0.